The number of ether oxygens (including phenoxy) is 2. The Labute approximate surface area is 193 Å². The van der Waals surface area contributed by atoms with Crippen LogP contribution >= 0.6 is 0 Å². The zero-order valence-corrected chi connectivity index (χ0v) is 18.5. The maximum absolute atomic E-state index is 13.3. The molecule has 10 heteroatoms. The lowest BCUT2D eigenvalue weighted by atomic mass is 9.75. The first-order chi connectivity index (χ1) is 15.9. The number of rotatable bonds is 6. The van der Waals surface area contributed by atoms with Gasteiger partial charge in [-0.05, 0) is 48.7 Å². The second-order valence-corrected chi connectivity index (χ2v) is 8.49. The summed E-state index contributed by atoms with van der Waals surface area (Å²) in [7, 11) is 0. The van der Waals surface area contributed by atoms with Crippen molar-refractivity contribution in [2.75, 3.05) is 19.8 Å². The average molecular weight is 492 g/mol. The monoisotopic (exact) mass is 492 g/mol. The molecule has 4 nitrogen and oxygen atoms in total. The SMILES string of the molecule is Cc1ccccc1[C@@H]1C(O[C@H](C)c2cc(C(F)(F)F)cc(C(F)(F)F)c2)OC[C@H](CO)C1CO. The molecule has 0 aromatic heterocycles. The first-order valence-electron chi connectivity index (χ1n) is 10.7. The lowest BCUT2D eigenvalue weighted by Gasteiger charge is -2.43. The Bertz CT molecular complexity index is 942. The molecule has 0 saturated carbocycles. The van der Waals surface area contributed by atoms with E-state index in [-0.39, 0.29) is 31.5 Å². The smallest absolute Gasteiger partial charge is 0.396 e. The minimum Gasteiger partial charge on any atom is -0.396 e. The van der Waals surface area contributed by atoms with Gasteiger partial charge < -0.3 is 19.7 Å². The third kappa shape index (κ3) is 5.73. The molecule has 1 saturated heterocycles. The van der Waals surface area contributed by atoms with E-state index in [1.54, 1.807) is 18.2 Å². The van der Waals surface area contributed by atoms with Crippen LogP contribution in [0, 0.1) is 18.8 Å². The van der Waals surface area contributed by atoms with Crippen molar-refractivity contribution in [2.45, 2.75) is 44.5 Å². The molecular weight excluding hydrogens is 466 g/mol. The third-order valence-corrected chi connectivity index (χ3v) is 6.25. The van der Waals surface area contributed by atoms with Crippen molar-refractivity contribution in [3.05, 3.63) is 70.3 Å². The molecule has 2 aromatic rings. The zero-order valence-electron chi connectivity index (χ0n) is 18.5. The number of hydrogen-bond acceptors (Lipinski definition) is 4. The van der Waals surface area contributed by atoms with E-state index in [0.717, 1.165) is 11.1 Å². The Kier molecular flexibility index (Phi) is 7.96. The summed E-state index contributed by atoms with van der Waals surface area (Å²) < 4.78 is 91.4. The van der Waals surface area contributed by atoms with Crippen molar-refractivity contribution in [1.82, 2.24) is 0 Å². The van der Waals surface area contributed by atoms with Crippen LogP contribution in [0.5, 0.6) is 0 Å². The summed E-state index contributed by atoms with van der Waals surface area (Å²) >= 11 is 0. The van der Waals surface area contributed by atoms with Crippen molar-refractivity contribution in [1.29, 1.82) is 0 Å². The van der Waals surface area contributed by atoms with Gasteiger partial charge in [0.25, 0.3) is 0 Å². The van der Waals surface area contributed by atoms with Crippen LogP contribution in [-0.4, -0.2) is 36.3 Å². The second-order valence-electron chi connectivity index (χ2n) is 8.49. The van der Waals surface area contributed by atoms with Crippen LogP contribution in [0.15, 0.2) is 42.5 Å². The second kappa shape index (κ2) is 10.2. The van der Waals surface area contributed by atoms with Crippen molar-refractivity contribution in [3.8, 4) is 0 Å². The van der Waals surface area contributed by atoms with E-state index in [1.807, 2.05) is 13.0 Å². The lowest BCUT2D eigenvalue weighted by Crippen LogP contribution is -2.45. The molecule has 5 atom stereocenters. The first kappa shape index (κ1) is 26.5. The van der Waals surface area contributed by atoms with E-state index in [1.165, 1.54) is 6.92 Å². The molecule has 188 valence electrons. The maximum Gasteiger partial charge on any atom is 0.416 e. The largest absolute Gasteiger partial charge is 0.416 e. The van der Waals surface area contributed by atoms with Gasteiger partial charge >= 0.3 is 12.4 Å². The van der Waals surface area contributed by atoms with Crippen molar-refractivity contribution in [2.24, 2.45) is 11.8 Å². The van der Waals surface area contributed by atoms with Crippen LogP contribution < -0.4 is 0 Å². The summed E-state index contributed by atoms with van der Waals surface area (Å²) in [6, 6.07) is 8.52. The van der Waals surface area contributed by atoms with Gasteiger partial charge in [-0.25, -0.2) is 0 Å². The molecule has 0 aliphatic carbocycles. The van der Waals surface area contributed by atoms with E-state index in [0.29, 0.717) is 12.1 Å². The average Bonchev–Trinajstić information content (AvgIpc) is 2.77. The van der Waals surface area contributed by atoms with E-state index in [2.05, 4.69) is 0 Å². The number of halogens is 6. The molecule has 0 radical (unpaired) electrons. The van der Waals surface area contributed by atoms with Gasteiger partial charge in [0.2, 0.25) is 0 Å². The standard InChI is InChI=1S/C24H26F6O4/c1-13-5-3-4-6-19(13)21-20(11-32)16(10-31)12-33-22(21)34-14(2)15-7-17(23(25,26)27)9-18(8-15)24(28,29)30/h3-9,14,16,20-22,31-32H,10-12H2,1-2H3/t14-,16+,20?,21+,22?/m1/s1. The molecular formula is C24H26F6O4. The molecule has 1 heterocycles. The summed E-state index contributed by atoms with van der Waals surface area (Å²) in [5, 5.41) is 19.8. The van der Waals surface area contributed by atoms with E-state index in [9.17, 15) is 36.6 Å². The Balaban J connectivity index is 1.99. The lowest BCUT2D eigenvalue weighted by molar-refractivity contribution is -0.229. The molecule has 1 fully saturated rings. The Morgan fingerprint density at radius 2 is 1.56 bits per heavy atom. The molecule has 2 unspecified atom stereocenters. The van der Waals surface area contributed by atoms with Crippen LogP contribution in [0.4, 0.5) is 26.3 Å². The van der Waals surface area contributed by atoms with Gasteiger partial charge in [0.15, 0.2) is 6.29 Å². The van der Waals surface area contributed by atoms with Gasteiger partial charge in [0, 0.05) is 31.0 Å². The van der Waals surface area contributed by atoms with Crippen molar-refractivity contribution < 1.29 is 46.0 Å². The van der Waals surface area contributed by atoms with Crippen LogP contribution in [0.25, 0.3) is 0 Å². The third-order valence-electron chi connectivity index (χ3n) is 6.25. The predicted molar refractivity (Wildman–Crippen MR) is 111 cm³/mol. The molecule has 0 amide bonds. The molecule has 3 rings (SSSR count). The first-order valence-corrected chi connectivity index (χ1v) is 10.7. The molecule has 0 bridgehead atoms. The van der Waals surface area contributed by atoms with Gasteiger partial charge in [-0.15, -0.1) is 0 Å². The van der Waals surface area contributed by atoms with Crippen molar-refractivity contribution in [3.63, 3.8) is 0 Å². The fourth-order valence-electron chi connectivity index (χ4n) is 4.35. The molecule has 1 aliphatic rings. The highest BCUT2D eigenvalue weighted by atomic mass is 19.4. The van der Waals surface area contributed by atoms with Crippen molar-refractivity contribution >= 4 is 0 Å². The summed E-state index contributed by atoms with van der Waals surface area (Å²) in [6.07, 6.45) is -12.2. The molecule has 1 aliphatic heterocycles. The fraction of sp³-hybridized carbons (Fsp3) is 0.500. The number of benzene rings is 2. The maximum atomic E-state index is 13.3. The highest BCUT2D eigenvalue weighted by Crippen LogP contribution is 2.43. The number of hydrogen-bond donors (Lipinski definition) is 2. The topological polar surface area (TPSA) is 58.9 Å². The molecule has 0 spiro atoms. The minimum atomic E-state index is -4.98. The predicted octanol–water partition coefficient (Wildman–Crippen LogP) is 5.47. The van der Waals surface area contributed by atoms with E-state index >= 15 is 0 Å². The number of aliphatic hydroxyl groups is 2. The number of aliphatic hydroxyl groups excluding tert-OH is 2. The van der Waals surface area contributed by atoms with Gasteiger partial charge in [-0.3, -0.25) is 0 Å². The summed E-state index contributed by atoms with van der Waals surface area (Å²) in [5.74, 6) is -1.52. The molecule has 2 aromatic carbocycles. The number of aryl methyl sites for hydroxylation is 1. The van der Waals surface area contributed by atoms with Crippen LogP contribution in [0.2, 0.25) is 0 Å². The van der Waals surface area contributed by atoms with Crippen LogP contribution in [0.3, 0.4) is 0 Å². The van der Waals surface area contributed by atoms with Gasteiger partial charge in [0.05, 0.1) is 23.8 Å². The summed E-state index contributed by atoms with van der Waals surface area (Å²) in [6.45, 7) is 2.61. The zero-order chi connectivity index (χ0) is 25.3. The number of alkyl halides is 6. The van der Waals surface area contributed by atoms with Gasteiger partial charge in [-0.1, -0.05) is 24.3 Å². The Hall–Kier alpha value is -2.14. The van der Waals surface area contributed by atoms with E-state index in [4.69, 9.17) is 9.47 Å². The van der Waals surface area contributed by atoms with Crippen LogP contribution in [-0.2, 0) is 21.8 Å². The van der Waals surface area contributed by atoms with Gasteiger partial charge in [0.1, 0.15) is 0 Å². The Morgan fingerprint density at radius 1 is 0.971 bits per heavy atom. The fourth-order valence-corrected chi connectivity index (χ4v) is 4.35. The molecule has 2 N–H and O–H groups in total. The summed E-state index contributed by atoms with van der Waals surface area (Å²) in [5.41, 5.74) is -1.58. The highest BCUT2D eigenvalue weighted by molar-refractivity contribution is 5.35. The van der Waals surface area contributed by atoms with E-state index < -0.39 is 53.6 Å². The quantitative estimate of drug-likeness (QED) is 0.526. The van der Waals surface area contributed by atoms with Gasteiger partial charge in [-0.2, -0.15) is 26.3 Å². The molecule has 34 heavy (non-hydrogen) atoms. The highest BCUT2D eigenvalue weighted by Gasteiger charge is 2.43. The van der Waals surface area contributed by atoms with Crippen LogP contribution in [0.1, 0.15) is 46.8 Å². The Morgan fingerprint density at radius 3 is 2.06 bits per heavy atom. The minimum absolute atomic E-state index is 0.0118. The normalized spacial score (nSPS) is 24.8. The summed E-state index contributed by atoms with van der Waals surface area (Å²) in [4.78, 5) is 0.